The minimum absolute atomic E-state index is 0.0846. The van der Waals surface area contributed by atoms with E-state index in [0.717, 1.165) is 12.1 Å². The Morgan fingerprint density at radius 1 is 1.50 bits per heavy atom. The van der Waals surface area contributed by atoms with Gasteiger partial charge in [0.2, 0.25) is 5.82 Å². The van der Waals surface area contributed by atoms with E-state index in [4.69, 9.17) is 5.73 Å². The Bertz CT molecular complexity index is 543. The number of rotatable bonds is 5. The molecule has 0 aliphatic heterocycles. The fraction of sp³-hybridized carbons (Fsp3) is 0.200. The molecule has 0 fully saturated rings. The second kappa shape index (κ2) is 5.41. The molecular formula is C10H11N5O2S. The maximum absolute atomic E-state index is 10.6. The lowest BCUT2D eigenvalue weighted by Crippen LogP contribution is -2.08. The molecule has 2 aromatic heterocycles. The molecule has 0 aromatic carbocycles. The van der Waals surface area contributed by atoms with E-state index in [-0.39, 0.29) is 11.5 Å². The Morgan fingerprint density at radius 3 is 2.94 bits per heavy atom. The Kier molecular flexibility index (Phi) is 3.68. The molecule has 0 amide bonds. The first-order valence-electron chi connectivity index (χ1n) is 5.18. The van der Waals surface area contributed by atoms with E-state index in [1.165, 1.54) is 12.1 Å². The van der Waals surface area contributed by atoms with Crippen LogP contribution < -0.4 is 11.1 Å². The quantitative estimate of drug-likeness (QED) is 0.629. The molecule has 2 aromatic rings. The van der Waals surface area contributed by atoms with Gasteiger partial charge in [0, 0.05) is 24.4 Å². The third-order valence-electron chi connectivity index (χ3n) is 2.27. The van der Waals surface area contributed by atoms with Crippen molar-refractivity contribution in [3.63, 3.8) is 0 Å². The van der Waals surface area contributed by atoms with E-state index < -0.39 is 4.92 Å². The fourth-order valence-electron chi connectivity index (χ4n) is 1.40. The van der Waals surface area contributed by atoms with Crippen LogP contribution in [0.1, 0.15) is 5.69 Å². The Balaban J connectivity index is 1.94. The zero-order valence-electron chi connectivity index (χ0n) is 9.37. The lowest BCUT2D eigenvalue weighted by Gasteiger charge is -2.05. The summed E-state index contributed by atoms with van der Waals surface area (Å²) in [7, 11) is 0. The van der Waals surface area contributed by atoms with Crippen LogP contribution in [0.25, 0.3) is 0 Å². The summed E-state index contributed by atoms with van der Waals surface area (Å²) in [6, 6.07) is 2.88. The Labute approximate surface area is 107 Å². The first-order chi connectivity index (χ1) is 8.66. The zero-order chi connectivity index (χ0) is 13.0. The van der Waals surface area contributed by atoms with Crippen molar-refractivity contribution < 1.29 is 4.92 Å². The van der Waals surface area contributed by atoms with Crippen LogP contribution in [0.15, 0.2) is 23.0 Å². The fourth-order valence-corrected chi connectivity index (χ4v) is 1.99. The van der Waals surface area contributed by atoms with Crippen LogP contribution in [-0.4, -0.2) is 21.4 Å². The number of thiazole rings is 1. The number of hydrogen-bond donors (Lipinski definition) is 2. The molecule has 0 radical (unpaired) electrons. The second-order valence-electron chi connectivity index (χ2n) is 3.51. The number of nitrogens with one attached hydrogen (secondary N) is 1. The number of anilines is 2. The van der Waals surface area contributed by atoms with Gasteiger partial charge in [-0.15, -0.1) is 11.3 Å². The minimum atomic E-state index is -0.554. The standard InChI is InChI=1S/C10H11N5O2S/c11-10-8(15(16)17)1-2-9(14-10)12-4-3-7-5-18-6-13-7/h1-2,5-6H,3-4H2,(H3,11,12,14). The van der Waals surface area contributed by atoms with Gasteiger partial charge in [0.1, 0.15) is 5.82 Å². The van der Waals surface area contributed by atoms with Gasteiger partial charge in [-0.3, -0.25) is 10.1 Å². The van der Waals surface area contributed by atoms with E-state index in [1.54, 1.807) is 16.8 Å². The first kappa shape index (κ1) is 12.2. The van der Waals surface area contributed by atoms with Crippen molar-refractivity contribution in [2.24, 2.45) is 0 Å². The smallest absolute Gasteiger partial charge is 0.311 e. The van der Waals surface area contributed by atoms with Crippen molar-refractivity contribution in [3.05, 3.63) is 38.8 Å². The average Bonchev–Trinajstić information content (AvgIpc) is 2.81. The SMILES string of the molecule is Nc1nc(NCCc2cscn2)ccc1[N+](=O)[O-]. The molecular weight excluding hydrogens is 254 g/mol. The molecule has 0 spiro atoms. The van der Waals surface area contributed by atoms with Crippen LogP contribution in [-0.2, 0) is 6.42 Å². The Morgan fingerprint density at radius 2 is 2.33 bits per heavy atom. The summed E-state index contributed by atoms with van der Waals surface area (Å²) in [6.45, 7) is 0.647. The average molecular weight is 265 g/mol. The van der Waals surface area contributed by atoms with E-state index in [0.29, 0.717) is 12.4 Å². The number of aromatic nitrogens is 2. The number of nitrogens with two attached hydrogens (primary N) is 1. The van der Waals surface area contributed by atoms with Gasteiger partial charge in [0.25, 0.3) is 0 Å². The highest BCUT2D eigenvalue weighted by molar-refractivity contribution is 7.07. The highest BCUT2D eigenvalue weighted by atomic mass is 32.1. The summed E-state index contributed by atoms with van der Waals surface area (Å²) in [5.74, 6) is 0.437. The molecule has 0 unspecified atom stereocenters. The molecule has 0 aliphatic rings. The maximum Gasteiger partial charge on any atom is 0.311 e. The number of nitrogens with zero attached hydrogens (tertiary/aromatic N) is 3. The molecule has 0 atom stereocenters. The number of hydrogen-bond acceptors (Lipinski definition) is 7. The van der Waals surface area contributed by atoms with Gasteiger partial charge in [-0.05, 0) is 6.07 Å². The zero-order valence-corrected chi connectivity index (χ0v) is 10.2. The molecule has 3 N–H and O–H groups in total. The molecule has 2 heterocycles. The monoisotopic (exact) mass is 265 g/mol. The molecule has 7 nitrogen and oxygen atoms in total. The highest BCUT2D eigenvalue weighted by Gasteiger charge is 2.12. The Hall–Kier alpha value is -2.22. The van der Waals surface area contributed by atoms with E-state index in [2.05, 4.69) is 15.3 Å². The second-order valence-corrected chi connectivity index (χ2v) is 4.23. The summed E-state index contributed by atoms with van der Waals surface area (Å²) >= 11 is 1.54. The lowest BCUT2D eigenvalue weighted by molar-refractivity contribution is -0.384. The summed E-state index contributed by atoms with van der Waals surface area (Å²) in [5.41, 5.74) is 8.08. The van der Waals surface area contributed by atoms with Crippen LogP contribution in [0, 0.1) is 10.1 Å². The normalized spacial score (nSPS) is 10.2. The molecule has 8 heteroatoms. The van der Waals surface area contributed by atoms with Crippen molar-refractivity contribution in [2.75, 3.05) is 17.6 Å². The summed E-state index contributed by atoms with van der Waals surface area (Å²) < 4.78 is 0. The maximum atomic E-state index is 10.6. The van der Waals surface area contributed by atoms with Crippen LogP contribution in [0.3, 0.4) is 0 Å². The molecule has 94 valence electrons. The van der Waals surface area contributed by atoms with Gasteiger partial charge in [-0.2, -0.15) is 0 Å². The van der Waals surface area contributed by atoms with E-state index in [9.17, 15) is 10.1 Å². The van der Waals surface area contributed by atoms with Crippen LogP contribution in [0.4, 0.5) is 17.3 Å². The summed E-state index contributed by atoms with van der Waals surface area (Å²) in [6.07, 6.45) is 0.766. The van der Waals surface area contributed by atoms with Crippen LogP contribution >= 0.6 is 11.3 Å². The van der Waals surface area contributed by atoms with Crippen LogP contribution in [0.5, 0.6) is 0 Å². The summed E-state index contributed by atoms with van der Waals surface area (Å²) in [5, 5.41) is 15.6. The van der Waals surface area contributed by atoms with Gasteiger partial charge < -0.3 is 11.1 Å². The van der Waals surface area contributed by atoms with Crippen molar-refractivity contribution in [1.29, 1.82) is 0 Å². The van der Waals surface area contributed by atoms with Crippen molar-refractivity contribution in [3.8, 4) is 0 Å². The van der Waals surface area contributed by atoms with E-state index >= 15 is 0 Å². The molecule has 18 heavy (non-hydrogen) atoms. The molecule has 0 aliphatic carbocycles. The van der Waals surface area contributed by atoms with Crippen LogP contribution in [0.2, 0.25) is 0 Å². The minimum Gasteiger partial charge on any atom is -0.378 e. The molecule has 2 rings (SSSR count). The van der Waals surface area contributed by atoms with Gasteiger partial charge >= 0.3 is 5.69 Å². The predicted molar refractivity (Wildman–Crippen MR) is 69.6 cm³/mol. The van der Waals surface area contributed by atoms with Gasteiger partial charge in [-0.25, -0.2) is 9.97 Å². The molecule has 0 bridgehead atoms. The predicted octanol–water partition coefficient (Wildman–Crippen LogP) is 1.68. The number of pyridine rings is 1. The summed E-state index contributed by atoms with van der Waals surface area (Å²) in [4.78, 5) is 18.1. The van der Waals surface area contributed by atoms with Crippen molar-refractivity contribution >= 4 is 28.7 Å². The van der Waals surface area contributed by atoms with Gasteiger partial charge in [0.15, 0.2) is 0 Å². The number of nitrogen functional groups attached to an aromatic ring is 1. The van der Waals surface area contributed by atoms with E-state index in [1.807, 2.05) is 5.38 Å². The van der Waals surface area contributed by atoms with Gasteiger partial charge in [0.05, 0.1) is 16.1 Å². The van der Waals surface area contributed by atoms with Crippen molar-refractivity contribution in [2.45, 2.75) is 6.42 Å². The third-order valence-corrected chi connectivity index (χ3v) is 2.91. The molecule has 0 saturated carbocycles. The first-order valence-corrected chi connectivity index (χ1v) is 6.13. The van der Waals surface area contributed by atoms with Gasteiger partial charge in [-0.1, -0.05) is 0 Å². The topological polar surface area (TPSA) is 107 Å². The number of nitro groups is 1. The third kappa shape index (κ3) is 2.92. The van der Waals surface area contributed by atoms with Crippen molar-refractivity contribution in [1.82, 2.24) is 9.97 Å². The highest BCUT2D eigenvalue weighted by Crippen LogP contribution is 2.20. The largest absolute Gasteiger partial charge is 0.378 e. The lowest BCUT2D eigenvalue weighted by atomic mass is 10.3. The molecule has 0 saturated heterocycles.